The minimum Gasteiger partial charge on any atom is -0.376 e. The zero-order chi connectivity index (χ0) is 10.7. The van der Waals surface area contributed by atoms with E-state index in [0.717, 1.165) is 0 Å². The molecule has 1 atom stereocenters. The number of hydrogen-bond donors (Lipinski definition) is 0. The number of ether oxygens (including phenoxy) is 2. The number of hydrogen-bond acceptors (Lipinski definition) is 3. The lowest BCUT2D eigenvalue weighted by Crippen LogP contribution is -2.37. The van der Waals surface area contributed by atoms with Crippen LogP contribution in [0, 0.1) is 5.41 Å². The molecule has 15 heavy (non-hydrogen) atoms. The molecule has 86 valence electrons. The van der Waals surface area contributed by atoms with E-state index < -0.39 is 0 Å². The van der Waals surface area contributed by atoms with Gasteiger partial charge in [-0.2, -0.15) is 0 Å². The normalized spacial score (nSPS) is 30.3. The maximum Gasteiger partial charge on any atom is 0.164 e. The topological polar surface area (TPSA) is 35.5 Å². The average Bonchev–Trinajstić information content (AvgIpc) is 2.66. The van der Waals surface area contributed by atoms with Gasteiger partial charge in [-0.25, -0.2) is 0 Å². The molecule has 0 N–H and O–H groups in total. The first-order chi connectivity index (χ1) is 7.20. The molecular formula is C12H20O3. The summed E-state index contributed by atoms with van der Waals surface area (Å²) in [7, 11) is 0. The number of Topliss-reactive ketones (excluding diaryl/α,β-unsaturated/α-hetero) is 1. The molecule has 0 radical (unpaired) electrons. The van der Waals surface area contributed by atoms with E-state index >= 15 is 0 Å². The molecule has 0 bridgehead atoms. The van der Waals surface area contributed by atoms with Gasteiger partial charge >= 0.3 is 0 Å². The van der Waals surface area contributed by atoms with Crippen LogP contribution in [-0.2, 0) is 14.3 Å². The monoisotopic (exact) mass is 212 g/mol. The zero-order valence-electron chi connectivity index (χ0n) is 9.46. The Morgan fingerprint density at radius 2 is 2.07 bits per heavy atom. The average molecular weight is 212 g/mol. The van der Waals surface area contributed by atoms with E-state index in [4.69, 9.17) is 9.47 Å². The fourth-order valence-electron chi connectivity index (χ4n) is 2.61. The maximum atomic E-state index is 12.0. The van der Waals surface area contributed by atoms with Gasteiger partial charge in [0.1, 0.15) is 6.10 Å². The highest BCUT2D eigenvalue weighted by Gasteiger charge is 2.34. The molecule has 1 unspecified atom stereocenters. The Kier molecular flexibility index (Phi) is 3.42. The summed E-state index contributed by atoms with van der Waals surface area (Å²) in [6.45, 7) is 3.87. The van der Waals surface area contributed by atoms with Crippen LogP contribution in [0.4, 0.5) is 0 Å². The molecule has 1 aliphatic heterocycles. The van der Waals surface area contributed by atoms with Gasteiger partial charge in [-0.3, -0.25) is 4.79 Å². The van der Waals surface area contributed by atoms with E-state index in [1.165, 1.54) is 25.7 Å². The van der Waals surface area contributed by atoms with Crippen molar-refractivity contribution in [1.29, 1.82) is 0 Å². The molecule has 2 fully saturated rings. The van der Waals surface area contributed by atoms with Gasteiger partial charge < -0.3 is 9.47 Å². The Morgan fingerprint density at radius 1 is 1.33 bits per heavy atom. The first kappa shape index (κ1) is 11.1. The molecular weight excluding hydrogens is 192 g/mol. The van der Waals surface area contributed by atoms with Crippen molar-refractivity contribution in [2.45, 2.75) is 45.1 Å². The molecule has 1 heterocycles. The second kappa shape index (κ2) is 4.62. The standard InChI is InChI=1S/C12H20O3/c1-12(4-2-3-5-12)8-10(13)11-9-14-6-7-15-11/h11H,2-9H2,1H3. The predicted octanol–water partition coefficient (Wildman–Crippen LogP) is 1.94. The van der Waals surface area contributed by atoms with Crippen molar-refractivity contribution in [3.05, 3.63) is 0 Å². The molecule has 1 aliphatic carbocycles. The molecule has 0 aromatic heterocycles. The van der Waals surface area contributed by atoms with Crippen LogP contribution in [0.3, 0.4) is 0 Å². The van der Waals surface area contributed by atoms with Crippen molar-refractivity contribution in [3.63, 3.8) is 0 Å². The summed E-state index contributed by atoms with van der Waals surface area (Å²) in [6.07, 6.45) is 5.29. The van der Waals surface area contributed by atoms with E-state index in [2.05, 4.69) is 6.92 Å². The predicted molar refractivity (Wildman–Crippen MR) is 56.8 cm³/mol. The summed E-state index contributed by atoms with van der Waals surface area (Å²) in [4.78, 5) is 12.0. The molecule has 3 nitrogen and oxygen atoms in total. The molecule has 0 amide bonds. The SMILES string of the molecule is CC1(CC(=O)C2COCCO2)CCCC1. The molecule has 2 aliphatic rings. The van der Waals surface area contributed by atoms with E-state index in [-0.39, 0.29) is 17.3 Å². The van der Waals surface area contributed by atoms with Gasteiger partial charge in [0.05, 0.1) is 19.8 Å². The second-order valence-corrected chi connectivity index (χ2v) is 5.10. The van der Waals surface area contributed by atoms with Crippen molar-refractivity contribution in [1.82, 2.24) is 0 Å². The largest absolute Gasteiger partial charge is 0.376 e. The summed E-state index contributed by atoms with van der Waals surface area (Å²) in [5.74, 6) is 0.235. The van der Waals surface area contributed by atoms with Crippen LogP contribution in [0.15, 0.2) is 0 Å². The van der Waals surface area contributed by atoms with E-state index in [9.17, 15) is 4.79 Å². The van der Waals surface area contributed by atoms with Gasteiger partial charge in [0.15, 0.2) is 5.78 Å². The third kappa shape index (κ3) is 2.79. The minimum atomic E-state index is -0.295. The quantitative estimate of drug-likeness (QED) is 0.717. The number of carbonyl (C=O) groups excluding carboxylic acids is 1. The van der Waals surface area contributed by atoms with Crippen molar-refractivity contribution >= 4 is 5.78 Å². The lowest BCUT2D eigenvalue weighted by Gasteiger charge is -2.27. The Bertz CT molecular complexity index is 225. The van der Waals surface area contributed by atoms with Crippen LogP contribution in [0.5, 0.6) is 0 Å². The zero-order valence-corrected chi connectivity index (χ0v) is 9.46. The highest BCUT2D eigenvalue weighted by Crippen LogP contribution is 2.40. The van der Waals surface area contributed by atoms with Gasteiger partial charge in [0.25, 0.3) is 0 Å². The third-order valence-electron chi connectivity index (χ3n) is 3.59. The van der Waals surface area contributed by atoms with Gasteiger partial charge in [-0.05, 0) is 18.3 Å². The summed E-state index contributed by atoms with van der Waals surface area (Å²) in [5, 5.41) is 0. The third-order valence-corrected chi connectivity index (χ3v) is 3.59. The van der Waals surface area contributed by atoms with Crippen LogP contribution < -0.4 is 0 Å². The summed E-state index contributed by atoms with van der Waals surface area (Å²) < 4.78 is 10.7. The first-order valence-electron chi connectivity index (χ1n) is 5.92. The fraction of sp³-hybridized carbons (Fsp3) is 0.917. The molecule has 3 heteroatoms. The Hall–Kier alpha value is -0.410. The second-order valence-electron chi connectivity index (χ2n) is 5.10. The minimum absolute atomic E-state index is 0.234. The maximum absolute atomic E-state index is 12.0. The first-order valence-corrected chi connectivity index (χ1v) is 5.92. The highest BCUT2D eigenvalue weighted by atomic mass is 16.6. The number of carbonyl (C=O) groups is 1. The van der Waals surface area contributed by atoms with Crippen LogP contribution in [-0.4, -0.2) is 31.7 Å². The molecule has 2 rings (SSSR count). The Morgan fingerprint density at radius 3 is 2.67 bits per heavy atom. The summed E-state index contributed by atoms with van der Waals surface area (Å²) >= 11 is 0. The van der Waals surface area contributed by atoms with E-state index in [1.807, 2.05) is 0 Å². The number of ketones is 1. The lowest BCUT2D eigenvalue weighted by atomic mass is 9.82. The summed E-state index contributed by atoms with van der Waals surface area (Å²) in [6, 6.07) is 0. The molecule has 0 aromatic rings. The van der Waals surface area contributed by atoms with Crippen molar-refractivity contribution in [3.8, 4) is 0 Å². The smallest absolute Gasteiger partial charge is 0.164 e. The van der Waals surface area contributed by atoms with Crippen LogP contribution in [0.2, 0.25) is 0 Å². The van der Waals surface area contributed by atoms with Gasteiger partial charge in [-0.1, -0.05) is 19.8 Å². The fourth-order valence-corrected chi connectivity index (χ4v) is 2.61. The molecule has 0 aromatic carbocycles. The van der Waals surface area contributed by atoms with Crippen molar-refractivity contribution in [2.75, 3.05) is 19.8 Å². The number of rotatable bonds is 3. The molecule has 1 saturated carbocycles. The molecule has 1 saturated heterocycles. The Labute approximate surface area is 91.1 Å². The van der Waals surface area contributed by atoms with Crippen LogP contribution in [0.1, 0.15) is 39.0 Å². The van der Waals surface area contributed by atoms with E-state index in [0.29, 0.717) is 26.2 Å². The van der Waals surface area contributed by atoms with Gasteiger partial charge in [0, 0.05) is 6.42 Å². The van der Waals surface area contributed by atoms with Gasteiger partial charge in [-0.15, -0.1) is 0 Å². The van der Waals surface area contributed by atoms with Crippen LogP contribution in [0.25, 0.3) is 0 Å². The van der Waals surface area contributed by atoms with E-state index in [1.54, 1.807) is 0 Å². The van der Waals surface area contributed by atoms with Gasteiger partial charge in [0.2, 0.25) is 0 Å². The lowest BCUT2D eigenvalue weighted by molar-refractivity contribution is -0.147. The molecule has 0 spiro atoms. The summed E-state index contributed by atoms with van der Waals surface area (Å²) in [5.41, 5.74) is 0.234. The highest BCUT2D eigenvalue weighted by molar-refractivity contribution is 5.84. The van der Waals surface area contributed by atoms with Crippen molar-refractivity contribution < 1.29 is 14.3 Å². The van der Waals surface area contributed by atoms with Crippen molar-refractivity contribution in [2.24, 2.45) is 5.41 Å². The Balaban J connectivity index is 1.85. The van der Waals surface area contributed by atoms with Crippen LogP contribution >= 0.6 is 0 Å².